The number of aryl methyl sites for hydroxylation is 1. The minimum atomic E-state index is -1.25. The zero-order valence-electron chi connectivity index (χ0n) is 11.9. The van der Waals surface area contributed by atoms with Gasteiger partial charge in [-0.05, 0) is 52.8 Å². The van der Waals surface area contributed by atoms with E-state index in [2.05, 4.69) is 9.55 Å². The molecule has 1 heterocycles. The number of rotatable bonds is 2. The summed E-state index contributed by atoms with van der Waals surface area (Å²) in [6, 6.07) is 5.75. The molecule has 0 aliphatic heterocycles. The zero-order chi connectivity index (χ0) is 14.2. The summed E-state index contributed by atoms with van der Waals surface area (Å²) >= 11 is -1.25. The Kier molecular flexibility index (Phi) is 3.69. The van der Waals surface area contributed by atoms with Crippen LogP contribution in [0.15, 0.2) is 27.1 Å². The Labute approximate surface area is 116 Å². The fraction of sp³-hybridized carbons (Fsp3) is 0.429. The maximum absolute atomic E-state index is 12.0. The van der Waals surface area contributed by atoms with Crippen molar-refractivity contribution < 1.29 is 9.08 Å². The molecule has 0 N–H and O–H groups in total. The van der Waals surface area contributed by atoms with Gasteiger partial charge in [-0.2, -0.15) is 0 Å². The number of aromatic nitrogens is 1. The molecule has 0 aliphatic rings. The predicted octanol–water partition coefficient (Wildman–Crippen LogP) is 3.41. The lowest BCUT2D eigenvalue weighted by molar-refractivity contribution is 0.450. The third kappa shape index (κ3) is 2.98. The van der Waals surface area contributed by atoms with E-state index in [1.807, 2.05) is 52.8 Å². The fourth-order valence-electron chi connectivity index (χ4n) is 1.60. The van der Waals surface area contributed by atoms with Crippen LogP contribution in [0.3, 0.4) is 0 Å². The van der Waals surface area contributed by atoms with Crippen molar-refractivity contribution >= 4 is 28.0 Å². The van der Waals surface area contributed by atoms with Crippen molar-refractivity contribution in [3.05, 3.63) is 29.5 Å². The summed E-state index contributed by atoms with van der Waals surface area (Å²) < 4.78 is 21.1. The number of nitrogens with zero attached hydrogens (tertiary/aromatic N) is 2. The van der Waals surface area contributed by atoms with Crippen LogP contribution in [0.1, 0.15) is 39.0 Å². The topological polar surface area (TPSA) is 61.5 Å². The number of benzene rings is 1. The Hall–Kier alpha value is -1.33. The second kappa shape index (κ2) is 4.98. The maximum Gasteiger partial charge on any atom is 0.167 e. The summed E-state index contributed by atoms with van der Waals surface area (Å²) in [7, 11) is 0. The van der Waals surface area contributed by atoms with E-state index in [1.165, 1.54) is 0 Å². The summed E-state index contributed by atoms with van der Waals surface area (Å²) in [4.78, 5) is 0. The van der Waals surface area contributed by atoms with Gasteiger partial charge in [0.2, 0.25) is 0 Å². The molecule has 4 nitrogen and oxygen atoms in total. The van der Waals surface area contributed by atoms with Gasteiger partial charge < -0.3 is 9.08 Å². The van der Waals surface area contributed by atoms with Crippen LogP contribution >= 0.6 is 0 Å². The molecule has 0 saturated carbocycles. The molecule has 2 aromatic rings. The molecule has 0 fully saturated rings. The van der Waals surface area contributed by atoms with Crippen molar-refractivity contribution in [1.82, 2.24) is 5.16 Å². The average molecular weight is 278 g/mol. The lowest BCUT2D eigenvalue weighted by Gasteiger charge is -2.18. The van der Waals surface area contributed by atoms with Gasteiger partial charge in [-0.1, -0.05) is 9.55 Å². The molecule has 1 aromatic carbocycles. The van der Waals surface area contributed by atoms with E-state index >= 15 is 0 Å². The van der Waals surface area contributed by atoms with Gasteiger partial charge in [0.25, 0.3) is 0 Å². The third-order valence-corrected chi connectivity index (χ3v) is 4.30. The molecule has 1 aromatic heterocycles. The van der Waals surface area contributed by atoms with E-state index in [0.29, 0.717) is 0 Å². The monoisotopic (exact) mass is 278 g/mol. The van der Waals surface area contributed by atoms with Crippen molar-refractivity contribution in [2.75, 3.05) is 0 Å². The first-order valence-corrected chi connectivity index (χ1v) is 7.23. The highest BCUT2D eigenvalue weighted by atomic mass is 32.2. The highest BCUT2D eigenvalue weighted by Crippen LogP contribution is 2.22. The van der Waals surface area contributed by atoms with Gasteiger partial charge in [0.1, 0.15) is 16.1 Å². The quantitative estimate of drug-likeness (QED) is 0.624. The normalized spacial score (nSPS) is 14.9. The van der Waals surface area contributed by atoms with Gasteiger partial charge in [-0.25, -0.2) is 0 Å². The minimum absolute atomic E-state index is 0.349. The van der Waals surface area contributed by atoms with Crippen LogP contribution in [0.2, 0.25) is 0 Å². The van der Waals surface area contributed by atoms with E-state index in [0.717, 1.165) is 27.9 Å². The van der Waals surface area contributed by atoms with Crippen LogP contribution in [-0.2, 0) is 11.4 Å². The minimum Gasteiger partial charge on any atom is -0.591 e. The molecule has 102 valence electrons. The van der Waals surface area contributed by atoms with Gasteiger partial charge >= 0.3 is 0 Å². The van der Waals surface area contributed by atoms with Gasteiger partial charge in [-0.15, -0.1) is 0 Å². The van der Waals surface area contributed by atoms with Crippen LogP contribution in [0, 0.1) is 6.92 Å². The summed E-state index contributed by atoms with van der Waals surface area (Å²) in [5, 5.41) is 4.89. The first-order chi connectivity index (χ1) is 8.79. The SMILES string of the molecule is CC(=N[S+]([O-])C(C)(C)C)c1ccc2onc(C)c2c1. The first-order valence-electron chi connectivity index (χ1n) is 6.13. The number of fused-ring (bicyclic) bond motifs is 1. The Balaban J connectivity index is 2.38. The predicted molar refractivity (Wildman–Crippen MR) is 78.9 cm³/mol. The highest BCUT2D eigenvalue weighted by molar-refractivity contribution is 7.91. The van der Waals surface area contributed by atoms with Crippen molar-refractivity contribution in [3.63, 3.8) is 0 Å². The van der Waals surface area contributed by atoms with Crippen LogP contribution in [-0.4, -0.2) is 20.2 Å². The van der Waals surface area contributed by atoms with Crippen molar-refractivity contribution in [2.45, 2.75) is 39.4 Å². The standard InChI is InChI=1S/C14H18N2O2S/c1-9(16-19(17)14(3,4)5)11-6-7-13-12(8-11)10(2)15-18-13/h6-8H,1-5H3. The van der Waals surface area contributed by atoms with E-state index in [9.17, 15) is 4.55 Å². The average Bonchev–Trinajstić information content (AvgIpc) is 2.69. The molecular formula is C14H18N2O2S. The van der Waals surface area contributed by atoms with Crippen LogP contribution in [0.5, 0.6) is 0 Å². The molecule has 2 rings (SSSR count). The van der Waals surface area contributed by atoms with E-state index in [-0.39, 0.29) is 4.75 Å². The first kappa shape index (κ1) is 14.1. The Morgan fingerprint density at radius 3 is 2.68 bits per heavy atom. The number of hydrogen-bond donors (Lipinski definition) is 0. The lowest BCUT2D eigenvalue weighted by atomic mass is 10.1. The van der Waals surface area contributed by atoms with Crippen LogP contribution in [0.25, 0.3) is 11.0 Å². The lowest BCUT2D eigenvalue weighted by Crippen LogP contribution is -2.26. The molecule has 0 amide bonds. The van der Waals surface area contributed by atoms with E-state index in [1.54, 1.807) is 0 Å². The maximum atomic E-state index is 12.0. The van der Waals surface area contributed by atoms with Crippen LogP contribution < -0.4 is 0 Å². The molecule has 1 atom stereocenters. The van der Waals surface area contributed by atoms with Crippen molar-refractivity contribution in [2.24, 2.45) is 4.40 Å². The third-order valence-electron chi connectivity index (χ3n) is 2.81. The van der Waals surface area contributed by atoms with Gasteiger partial charge in [0.05, 0.1) is 11.4 Å². The summed E-state index contributed by atoms with van der Waals surface area (Å²) in [6.07, 6.45) is 0. The Morgan fingerprint density at radius 2 is 2.05 bits per heavy atom. The second-order valence-corrected chi connectivity index (χ2v) is 7.42. The summed E-state index contributed by atoms with van der Waals surface area (Å²) in [6.45, 7) is 9.50. The molecular weight excluding hydrogens is 260 g/mol. The van der Waals surface area contributed by atoms with Gasteiger partial charge in [-0.3, -0.25) is 0 Å². The highest BCUT2D eigenvalue weighted by Gasteiger charge is 2.26. The Bertz CT molecular complexity index is 626. The molecule has 0 aliphatic carbocycles. The summed E-state index contributed by atoms with van der Waals surface area (Å²) in [5.41, 5.74) is 3.31. The molecule has 0 radical (unpaired) electrons. The largest absolute Gasteiger partial charge is 0.591 e. The van der Waals surface area contributed by atoms with Gasteiger partial charge in [0, 0.05) is 10.9 Å². The Morgan fingerprint density at radius 1 is 1.37 bits per heavy atom. The molecule has 5 heteroatoms. The number of hydrogen-bond acceptors (Lipinski definition) is 4. The molecule has 0 spiro atoms. The van der Waals surface area contributed by atoms with E-state index < -0.39 is 11.4 Å². The summed E-state index contributed by atoms with van der Waals surface area (Å²) in [5.74, 6) is 0. The molecule has 0 bridgehead atoms. The van der Waals surface area contributed by atoms with E-state index in [4.69, 9.17) is 4.52 Å². The molecule has 19 heavy (non-hydrogen) atoms. The smallest absolute Gasteiger partial charge is 0.167 e. The fourth-order valence-corrected chi connectivity index (χ4v) is 2.23. The van der Waals surface area contributed by atoms with Crippen molar-refractivity contribution in [3.8, 4) is 0 Å². The van der Waals surface area contributed by atoms with Gasteiger partial charge in [0.15, 0.2) is 5.58 Å². The molecule has 1 unspecified atom stereocenters. The van der Waals surface area contributed by atoms with Crippen molar-refractivity contribution in [1.29, 1.82) is 0 Å². The molecule has 0 saturated heterocycles. The zero-order valence-corrected chi connectivity index (χ0v) is 12.7. The second-order valence-electron chi connectivity index (χ2n) is 5.52. The van der Waals surface area contributed by atoms with Crippen LogP contribution in [0.4, 0.5) is 0 Å².